The minimum atomic E-state index is -1.05. The quantitative estimate of drug-likeness (QED) is 0.466. The van der Waals surface area contributed by atoms with Gasteiger partial charge >= 0.3 is 5.69 Å². The SMILES string of the molecule is NNc1cnc(Cn2cc(F)c(=O)[nH]c2=O)cn1. The van der Waals surface area contributed by atoms with Gasteiger partial charge in [0.2, 0.25) is 5.82 Å². The zero-order valence-corrected chi connectivity index (χ0v) is 9.05. The second kappa shape index (κ2) is 4.75. The summed E-state index contributed by atoms with van der Waals surface area (Å²) in [6, 6.07) is 0. The summed E-state index contributed by atoms with van der Waals surface area (Å²) in [5.41, 5.74) is 0.946. The van der Waals surface area contributed by atoms with Gasteiger partial charge in [0.25, 0.3) is 5.56 Å². The summed E-state index contributed by atoms with van der Waals surface area (Å²) in [6.45, 7) is -0.00954. The van der Waals surface area contributed by atoms with Crippen LogP contribution in [0.3, 0.4) is 0 Å². The molecule has 0 amide bonds. The maximum absolute atomic E-state index is 13.0. The smallest absolute Gasteiger partial charge is 0.307 e. The number of nitrogen functional groups attached to an aromatic ring is 1. The Balaban J connectivity index is 2.31. The van der Waals surface area contributed by atoms with E-state index in [0.29, 0.717) is 11.5 Å². The number of hydrogen-bond acceptors (Lipinski definition) is 6. The molecule has 2 rings (SSSR count). The molecule has 2 heterocycles. The van der Waals surface area contributed by atoms with Crippen LogP contribution in [-0.2, 0) is 6.54 Å². The van der Waals surface area contributed by atoms with Crippen molar-refractivity contribution in [2.45, 2.75) is 6.54 Å². The standard InChI is InChI=1S/C9H9FN6O2/c10-6-4-16(9(18)14-8(6)17)3-5-1-13-7(15-11)2-12-5/h1-2,4H,3,11H2,(H,13,15)(H,14,17,18). The minimum Gasteiger partial charge on any atom is -0.307 e. The van der Waals surface area contributed by atoms with Crippen molar-refractivity contribution in [3.63, 3.8) is 0 Å². The highest BCUT2D eigenvalue weighted by molar-refractivity contribution is 5.28. The molecule has 0 aliphatic rings. The number of nitrogens with one attached hydrogen (secondary N) is 2. The zero-order chi connectivity index (χ0) is 13.1. The zero-order valence-electron chi connectivity index (χ0n) is 9.05. The van der Waals surface area contributed by atoms with E-state index >= 15 is 0 Å². The molecule has 0 fully saturated rings. The number of H-pyrrole nitrogens is 1. The van der Waals surface area contributed by atoms with Crippen molar-refractivity contribution < 1.29 is 4.39 Å². The Bertz CT molecular complexity index is 662. The van der Waals surface area contributed by atoms with Crippen LogP contribution >= 0.6 is 0 Å². The second-order valence-electron chi connectivity index (χ2n) is 3.40. The second-order valence-corrected chi connectivity index (χ2v) is 3.40. The Labute approximate surface area is 99.3 Å². The van der Waals surface area contributed by atoms with Gasteiger partial charge in [0.05, 0.1) is 30.8 Å². The fourth-order valence-electron chi connectivity index (χ4n) is 1.29. The summed E-state index contributed by atoms with van der Waals surface area (Å²) in [5, 5.41) is 0. The van der Waals surface area contributed by atoms with Crippen LogP contribution in [0.15, 0.2) is 28.2 Å². The summed E-state index contributed by atoms with van der Waals surface area (Å²) in [7, 11) is 0. The molecule has 0 aliphatic carbocycles. The van der Waals surface area contributed by atoms with Crippen LogP contribution < -0.4 is 22.5 Å². The minimum absolute atomic E-state index is 0.00954. The van der Waals surface area contributed by atoms with E-state index in [1.807, 2.05) is 4.98 Å². The molecule has 0 saturated heterocycles. The molecule has 0 radical (unpaired) electrons. The Morgan fingerprint density at radius 2 is 2.17 bits per heavy atom. The van der Waals surface area contributed by atoms with Crippen LogP contribution in [0.25, 0.3) is 0 Å². The van der Waals surface area contributed by atoms with Crippen molar-refractivity contribution in [2.24, 2.45) is 5.84 Å². The Hall–Kier alpha value is -2.55. The molecule has 0 unspecified atom stereocenters. The number of aromatic nitrogens is 4. The van der Waals surface area contributed by atoms with Gasteiger partial charge in [-0.3, -0.25) is 19.3 Å². The number of anilines is 1. The molecule has 4 N–H and O–H groups in total. The highest BCUT2D eigenvalue weighted by Gasteiger charge is 2.05. The predicted molar refractivity (Wildman–Crippen MR) is 60.2 cm³/mol. The number of aromatic amines is 1. The molecule has 8 nitrogen and oxygen atoms in total. The topological polar surface area (TPSA) is 119 Å². The first-order valence-electron chi connectivity index (χ1n) is 4.87. The van der Waals surface area contributed by atoms with Gasteiger partial charge in [-0.05, 0) is 0 Å². The van der Waals surface area contributed by atoms with Gasteiger partial charge in [-0.1, -0.05) is 0 Å². The fraction of sp³-hybridized carbons (Fsp3) is 0.111. The maximum atomic E-state index is 13.0. The summed E-state index contributed by atoms with van der Waals surface area (Å²) in [5.74, 6) is 4.44. The van der Waals surface area contributed by atoms with E-state index in [-0.39, 0.29) is 6.54 Å². The van der Waals surface area contributed by atoms with Gasteiger partial charge in [-0.2, -0.15) is 4.39 Å². The van der Waals surface area contributed by atoms with Crippen molar-refractivity contribution in [1.82, 2.24) is 19.5 Å². The molecule has 0 atom stereocenters. The maximum Gasteiger partial charge on any atom is 0.328 e. The van der Waals surface area contributed by atoms with Gasteiger partial charge in [0, 0.05) is 0 Å². The van der Waals surface area contributed by atoms with Gasteiger partial charge < -0.3 is 5.43 Å². The van der Waals surface area contributed by atoms with Crippen molar-refractivity contribution in [2.75, 3.05) is 5.43 Å². The van der Waals surface area contributed by atoms with Crippen molar-refractivity contribution in [1.29, 1.82) is 0 Å². The Morgan fingerprint density at radius 3 is 2.78 bits per heavy atom. The van der Waals surface area contributed by atoms with Gasteiger partial charge in [-0.15, -0.1) is 0 Å². The van der Waals surface area contributed by atoms with Crippen LogP contribution in [0.4, 0.5) is 10.2 Å². The summed E-state index contributed by atoms with van der Waals surface area (Å²) >= 11 is 0. The van der Waals surface area contributed by atoms with E-state index in [2.05, 4.69) is 15.4 Å². The molecule has 0 spiro atoms. The third-order valence-corrected chi connectivity index (χ3v) is 2.15. The first kappa shape index (κ1) is 11.9. The number of hydrogen-bond donors (Lipinski definition) is 3. The van der Waals surface area contributed by atoms with Crippen molar-refractivity contribution >= 4 is 5.82 Å². The predicted octanol–water partition coefficient (Wildman–Crippen LogP) is -1.20. The molecule has 9 heteroatoms. The molecule has 0 aromatic carbocycles. The Morgan fingerprint density at radius 1 is 1.39 bits per heavy atom. The molecule has 94 valence electrons. The average Bonchev–Trinajstić information content (AvgIpc) is 2.37. The van der Waals surface area contributed by atoms with E-state index in [9.17, 15) is 14.0 Å². The lowest BCUT2D eigenvalue weighted by Crippen LogP contribution is -2.31. The molecule has 18 heavy (non-hydrogen) atoms. The summed E-state index contributed by atoms with van der Waals surface area (Å²) in [4.78, 5) is 31.9. The average molecular weight is 252 g/mol. The highest BCUT2D eigenvalue weighted by atomic mass is 19.1. The lowest BCUT2D eigenvalue weighted by Gasteiger charge is -2.04. The number of halogens is 1. The van der Waals surface area contributed by atoms with E-state index in [0.717, 1.165) is 10.8 Å². The molecule has 2 aromatic heterocycles. The van der Waals surface area contributed by atoms with Crippen LogP contribution in [0.1, 0.15) is 5.69 Å². The molecular formula is C9H9FN6O2. The van der Waals surface area contributed by atoms with Gasteiger partial charge in [0.1, 0.15) is 0 Å². The largest absolute Gasteiger partial charge is 0.328 e. The third kappa shape index (κ3) is 2.40. The van der Waals surface area contributed by atoms with E-state index in [1.54, 1.807) is 0 Å². The number of nitrogens with two attached hydrogens (primary N) is 1. The van der Waals surface area contributed by atoms with E-state index in [1.165, 1.54) is 12.4 Å². The first-order chi connectivity index (χ1) is 8.60. The first-order valence-corrected chi connectivity index (χ1v) is 4.87. The van der Waals surface area contributed by atoms with Crippen molar-refractivity contribution in [3.05, 3.63) is 50.9 Å². The molecule has 2 aromatic rings. The van der Waals surface area contributed by atoms with E-state index in [4.69, 9.17) is 5.84 Å². The van der Waals surface area contributed by atoms with Crippen LogP contribution in [0, 0.1) is 5.82 Å². The monoisotopic (exact) mass is 252 g/mol. The normalized spacial score (nSPS) is 10.3. The fourth-order valence-corrected chi connectivity index (χ4v) is 1.29. The number of hydrazine groups is 1. The van der Waals surface area contributed by atoms with Gasteiger partial charge in [-0.25, -0.2) is 15.6 Å². The van der Waals surface area contributed by atoms with E-state index < -0.39 is 17.1 Å². The lowest BCUT2D eigenvalue weighted by molar-refractivity contribution is 0.563. The molecular weight excluding hydrogens is 243 g/mol. The molecule has 0 aliphatic heterocycles. The summed E-state index contributed by atoms with van der Waals surface area (Å²) in [6.07, 6.45) is 3.56. The molecule has 0 saturated carbocycles. The molecule has 0 bridgehead atoms. The van der Waals surface area contributed by atoms with Gasteiger partial charge in [0.15, 0.2) is 5.82 Å². The van der Waals surface area contributed by atoms with Crippen LogP contribution in [0.5, 0.6) is 0 Å². The lowest BCUT2D eigenvalue weighted by atomic mass is 10.4. The highest BCUT2D eigenvalue weighted by Crippen LogP contribution is 2.00. The van der Waals surface area contributed by atoms with Crippen LogP contribution in [-0.4, -0.2) is 19.5 Å². The van der Waals surface area contributed by atoms with Crippen LogP contribution in [0.2, 0.25) is 0 Å². The number of rotatable bonds is 3. The summed E-state index contributed by atoms with van der Waals surface area (Å²) < 4.78 is 14.0. The van der Waals surface area contributed by atoms with Crippen molar-refractivity contribution in [3.8, 4) is 0 Å². The Kier molecular flexibility index (Phi) is 3.15. The third-order valence-electron chi connectivity index (χ3n) is 2.15. The number of nitrogens with zero attached hydrogens (tertiary/aromatic N) is 3.